The number of aromatic nitrogens is 1. The van der Waals surface area contributed by atoms with Crippen molar-refractivity contribution in [3.8, 4) is 0 Å². The minimum Gasteiger partial charge on any atom is -0.371 e. The highest BCUT2D eigenvalue weighted by Crippen LogP contribution is 2.36. The molecule has 1 aromatic rings. The van der Waals surface area contributed by atoms with Crippen molar-refractivity contribution in [1.29, 1.82) is 0 Å². The molecule has 1 aromatic heterocycles. The first kappa shape index (κ1) is 14.5. The molecule has 1 heterocycles. The Morgan fingerprint density at radius 3 is 2.68 bits per heavy atom. The Morgan fingerprint density at radius 2 is 2.05 bits per heavy atom. The summed E-state index contributed by atoms with van der Waals surface area (Å²) in [4.78, 5) is 4.53. The number of pyridine rings is 1. The van der Waals surface area contributed by atoms with Gasteiger partial charge in [-0.1, -0.05) is 45.6 Å². The molecule has 1 aliphatic carbocycles. The van der Waals surface area contributed by atoms with Gasteiger partial charge < -0.3 is 4.74 Å². The third-order valence-electron chi connectivity index (χ3n) is 4.31. The van der Waals surface area contributed by atoms with Gasteiger partial charge in [0.05, 0.1) is 12.3 Å². The van der Waals surface area contributed by atoms with Crippen LogP contribution in [0.25, 0.3) is 0 Å². The molecule has 1 fully saturated rings. The third kappa shape index (κ3) is 4.31. The first-order valence-corrected chi connectivity index (χ1v) is 7.83. The molecule has 0 N–H and O–H groups in total. The second-order valence-electron chi connectivity index (χ2n) is 5.92. The largest absolute Gasteiger partial charge is 0.371 e. The van der Waals surface area contributed by atoms with E-state index in [2.05, 4.69) is 31.0 Å². The minimum absolute atomic E-state index is 0.204. The molecule has 0 bridgehead atoms. The van der Waals surface area contributed by atoms with Gasteiger partial charge in [0.2, 0.25) is 0 Å². The van der Waals surface area contributed by atoms with Gasteiger partial charge in [0.15, 0.2) is 0 Å². The maximum Gasteiger partial charge on any atom is 0.102 e. The summed E-state index contributed by atoms with van der Waals surface area (Å²) in [6.45, 7) is 5.34. The van der Waals surface area contributed by atoms with Crippen LogP contribution in [-0.4, -0.2) is 11.6 Å². The SMILES string of the molecule is CCC(C)COC(c1ccccn1)C1CCCCC1. The van der Waals surface area contributed by atoms with Gasteiger partial charge in [0.1, 0.15) is 6.10 Å². The number of hydrogen-bond acceptors (Lipinski definition) is 2. The molecule has 1 saturated carbocycles. The number of hydrogen-bond donors (Lipinski definition) is 0. The van der Waals surface area contributed by atoms with Gasteiger partial charge in [0, 0.05) is 6.20 Å². The summed E-state index contributed by atoms with van der Waals surface area (Å²) in [5.74, 6) is 1.29. The van der Waals surface area contributed by atoms with Crippen LogP contribution in [0.15, 0.2) is 24.4 Å². The summed E-state index contributed by atoms with van der Waals surface area (Å²) in [7, 11) is 0. The second-order valence-corrected chi connectivity index (χ2v) is 5.92. The zero-order valence-corrected chi connectivity index (χ0v) is 12.3. The van der Waals surface area contributed by atoms with E-state index in [4.69, 9.17) is 4.74 Å². The maximum absolute atomic E-state index is 6.26. The molecular formula is C17H27NO. The van der Waals surface area contributed by atoms with E-state index < -0.39 is 0 Å². The molecule has 2 rings (SSSR count). The van der Waals surface area contributed by atoms with Crippen LogP contribution in [0.1, 0.15) is 64.2 Å². The van der Waals surface area contributed by atoms with Gasteiger partial charge in [-0.15, -0.1) is 0 Å². The van der Waals surface area contributed by atoms with Crippen LogP contribution in [0.3, 0.4) is 0 Å². The van der Waals surface area contributed by atoms with Gasteiger partial charge in [-0.3, -0.25) is 4.98 Å². The summed E-state index contributed by atoms with van der Waals surface area (Å²) >= 11 is 0. The van der Waals surface area contributed by atoms with Crippen LogP contribution >= 0.6 is 0 Å². The predicted molar refractivity (Wildman–Crippen MR) is 79.0 cm³/mol. The summed E-state index contributed by atoms with van der Waals surface area (Å²) in [5.41, 5.74) is 1.12. The Labute approximate surface area is 117 Å². The van der Waals surface area contributed by atoms with Crippen molar-refractivity contribution in [2.45, 2.75) is 58.5 Å². The van der Waals surface area contributed by atoms with Crippen molar-refractivity contribution in [1.82, 2.24) is 4.98 Å². The fraction of sp³-hybridized carbons (Fsp3) is 0.706. The molecule has 106 valence electrons. The van der Waals surface area contributed by atoms with Gasteiger partial charge in [0.25, 0.3) is 0 Å². The van der Waals surface area contributed by atoms with Crippen molar-refractivity contribution in [2.75, 3.05) is 6.61 Å². The van der Waals surface area contributed by atoms with Crippen LogP contribution in [0.2, 0.25) is 0 Å². The van der Waals surface area contributed by atoms with Gasteiger partial charge in [-0.2, -0.15) is 0 Å². The predicted octanol–water partition coefficient (Wildman–Crippen LogP) is 4.77. The molecular weight excluding hydrogens is 234 g/mol. The number of nitrogens with zero attached hydrogens (tertiary/aromatic N) is 1. The molecule has 0 saturated heterocycles. The summed E-state index contributed by atoms with van der Waals surface area (Å²) < 4.78 is 6.26. The van der Waals surface area contributed by atoms with Crippen molar-refractivity contribution < 1.29 is 4.74 Å². The van der Waals surface area contributed by atoms with Crippen molar-refractivity contribution in [3.63, 3.8) is 0 Å². The number of ether oxygens (including phenoxy) is 1. The van der Waals surface area contributed by atoms with E-state index in [0.717, 1.165) is 12.3 Å². The van der Waals surface area contributed by atoms with E-state index in [-0.39, 0.29) is 6.10 Å². The molecule has 19 heavy (non-hydrogen) atoms. The lowest BCUT2D eigenvalue weighted by atomic mass is 9.84. The Bertz CT molecular complexity index is 346. The van der Waals surface area contributed by atoms with Crippen molar-refractivity contribution in [2.24, 2.45) is 11.8 Å². The molecule has 2 heteroatoms. The van der Waals surface area contributed by atoms with Gasteiger partial charge >= 0.3 is 0 Å². The first-order valence-electron chi connectivity index (χ1n) is 7.83. The zero-order chi connectivity index (χ0) is 13.5. The zero-order valence-electron chi connectivity index (χ0n) is 12.3. The van der Waals surface area contributed by atoms with Crippen LogP contribution in [0, 0.1) is 11.8 Å². The highest BCUT2D eigenvalue weighted by Gasteiger charge is 2.26. The van der Waals surface area contributed by atoms with E-state index in [9.17, 15) is 0 Å². The van der Waals surface area contributed by atoms with E-state index in [1.165, 1.54) is 38.5 Å². The third-order valence-corrected chi connectivity index (χ3v) is 4.31. The summed E-state index contributed by atoms with van der Waals surface area (Å²) in [6.07, 6.45) is 9.94. The number of rotatable bonds is 6. The van der Waals surface area contributed by atoms with E-state index >= 15 is 0 Å². The maximum atomic E-state index is 6.26. The van der Waals surface area contributed by atoms with Gasteiger partial charge in [-0.25, -0.2) is 0 Å². The van der Waals surface area contributed by atoms with Crippen molar-refractivity contribution >= 4 is 0 Å². The fourth-order valence-electron chi connectivity index (χ4n) is 2.83. The minimum atomic E-state index is 0.204. The van der Waals surface area contributed by atoms with Crippen LogP contribution in [-0.2, 0) is 4.74 Å². The standard InChI is InChI=1S/C17H27NO/c1-3-14(2)13-19-17(15-9-5-4-6-10-15)16-11-7-8-12-18-16/h7-8,11-12,14-15,17H,3-6,9-10,13H2,1-2H3. The monoisotopic (exact) mass is 261 g/mol. The van der Waals surface area contributed by atoms with Crippen LogP contribution in [0.4, 0.5) is 0 Å². The Hall–Kier alpha value is -0.890. The molecule has 1 aliphatic rings. The highest BCUT2D eigenvalue weighted by atomic mass is 16.5. The molecule has 0 radical (unpaired) electrons. The Kier molecular flexibility index (Phi) is 5.84. The lowest BCUT2D eigenvalue weighted by molar-refractivity contribution is -0.0194. The molecule has 0 aromatic carbocycles. The highest BCUT2D eigenvalue weighted by molar-refractivity contribution is 5.08. The Balaban J connectivity index is 2.04. The summed E-state index contributed by atoms with van der Waals surface area (Å²) in [6, 6.07) is 6.18. The summed E-state index contributed by atoms with van der Waals surface area (Å²) in [5, 5.41) is 0. The molecule has 0 amide bonds. The first-order chi connectivity index (χ1) is 9.31. The average molecular weight is 261 g/mol. The average Bonchev–Trinajstić information content (AvgIpc) is 2.49. The molecule has 2 nitrogen and oxygen atoms in total. The Morgan fingerprint density at radius 1 is 1.26 bits per heavy atom. The van der Waals surface area contributed by atoms with Crippen LogP contribution in [0.5, 0.6) is 0 Å². The second kappa shape index (κ2) is 7.64. The smallest absolute Gasteiger partial charge is 0.102 e. The quantitative estimate of drug-likeness (QED) is 0.736. The molecule has 0 spiro atoms. The topological polar surface area (TPSA) is 22.1 Å². The lowest BCUT2D eigenvalue weighted by Crippen LogP contribution is -2.22. The molecule has 2 atom stereocenters. The molecule has 2 unspecified atom stereocenters. The van der Waals surface area contributed by atoms with Gasteiger partial charge in [-0.05, 0) is 36.8 Å². The lowest BCUT2D eigenvalue weighted by Gasteiger charge is -2.30. The van der Waals surface area contributed by atoms with E-state index in [0.29, 0.717) is 11.8 Å². The van der Waals surface area contributed by atoms with Crippen LogP contribution < -0.4 is 0 Å². The van der Waals surface area contributed by atoms with Crippen molar-refractivity contribution in [3.05, 3.63) is 30.1 Å². The fourth-order valence-corrected chi connectivity index (χ4v) is 2.83. The van der Waals surface area contributed by atoms with E-state index in [1.54, 1.807) is 0 Å². The van der Waals surface area contributed by atoms with E-state index in [1.807, 2.05) is 12.3 Å². The normalized spacial score (nSPS) is 20.1. The molecule has 0 aliphatic heterocycles.